The lowest BCUT2D eigenvalue weighted by Crippen LogP contribution is -2.47. The third kappa shape index (κ3) is 4.93. The van der Waals surface area contributed by atoms with Crippen LogP contribution in [0.2, 0.25) is 0 Å². The molecule has 200 valence electrons. The van der Waals surface area contributed by atoms with Gasteiger partial charge in [-0.05, 0) is 56.3 Å². The summed E-state index contributed by atoms with van der Waals surface area (Å²) in [6.07, 6.45) is 6.28. The predicted molar refractivity (Wildman–Crippen MR) is 148 cm³/mol. The largest absolute Gasteiger partial charge is 0.497 e. The number of hydrogen-bond acceptors (Lipinski definition) is 6. The van der Waals surface area contributed by atoms with Crippen LogP contribution in [0.4, 0.5) is 10.1 Å². The fourth-order valence-corrected chi connectivity index (χ4v) is 6.06. The van der Waals surface area contributed by atoms with Crippen molar-refractivity contribution in [3.8, 4) is 5.75 Å². The van der Waals surface area contributed by atoms with E-state index in [0.717, 1.165) is 21.1 Å². The molecule has 0 amide bonds. The number of halogens is 1. The van der Waals surface area contributed by atoms with Crippen LogP contribution in [-0.4, -0.2) is 38.5 Å². The summed E-state index contributed by atoms with van der Waals surface area (Å²) in [6, 6.07) is 17.2. The van der Waals surface area contributed by atoms with Crippen molar-refractivity contribution >= 4 is 33.5 Å². The second kappa shape index (κ2) is 10.4. The van der Waals surface area contributed by atoms with Gasteiger partial charge in [0.2, 0.25) is 0 Å². The van der Waals surface area contributed by atoms with Crippen molar-refractivity contribution in [2.24, 2.45) is 0 Å². The number of rotatable bonds is 6. The Bertz CT molecular complexity index is 1630. The van der Waals surface area contributed by atoms with Crippen LogP contribution in [0, 0.1) is 12.7 Å². The van der Waals surface area contributed by atoms with Gasteiger partial charge in [0.05, 0.1) is 36.0 Å². The van der Waals surface area contributed by atoms with Gasteiger partial charge in [0.1, 0.15) is 11.6 Å². The van der Waals surface area contributed by atoms with Crippen molar-refractivity contribution in [3.05, 3.63) is 113 Å². The molecule has 1 atom stereocenters. The molecule has 5 rings (SSSR count). The Kier molecular flexibility index (Phi) is 7.01. The lowest BCUT2D eigenvalue weighted by molar-refractivity contribution is -0.137. The molecule has 0 N–H and O–H groups in total. The number of ether oxygens (including phenoxy) is 2. The average molecular weight is 547 g/mol. The summed E-state index contributed by atoms with van der Waals surface area (Å²) in [5.74, 6) is -0.489. The molecule has 7 nitrogen and oxygen atoms in total. The molecule has 2 heterocycles. The maximum atomic E-state index is 14.4. The van der Waals surface area contributed by atoms with Crippen LogP contribution in [-0.2, 0) is 19.6 Å². The van der Waals surface area contributed by atoms with Gasteiger partial charge in [-0.1, -0.05) is 42.0 Å². The number of sulfonamides is 1. The second-order valence-corrected chi connectivity index (χ2v) is 10.9. The molecule has 2 aliphatic heterocycles. The van der Waals surface area contributed by atoms with E-state index in [4.69, 9.17) is 9.47 Å². The molecule has 3 aromatic carbocycles. The zero-order valence-corrected chi connectivity index (χ0v) is 22.5. The molecule has 0 bridgehead atoms. The van der Waals surface area contributed by atoms with Gasteiger partial charge in [-0.25, -0.2) is 21.9 Å². The molecule has 0 fully saturated rings. The maximum absolute atomic E-state index is 14.4. The highest BCUT2D eigenvalue weighted by Gasteiger charge is 2.40. The van der Waals surface area contributed by atoms with Crippen molar-refractivity contribution in [1.82, 2.24) is 4.31 Å². The van der Waals surface area contributed by atoms with Gasteiger partial charge in [0.25, 0.3) is 10.0 Å². The number of nitrogens with zero attached hydrogens (tertiary/aromatic N) is 2. The first-order valence-electron chi connectivity index (χ1n) is 12.4. The van der Waals surface area contributed by atoms with E-state index < -0.39 is 27.9 Å². The normalized spacial score (nSPS) is 17.4. The van der Waals surface area contributed by atoms with Gasteiger partial charge in [-0.2, -0.15) is 0 Å². The molecule has 39 heavy (non-hydrogen) atoms. The number of esters is 1. The first kappa shape index (κ1) is 26.2. The SMILES string of the molecule is CCOC(=O)/C=C1\[C@@H]2C=Cc3cc(OC)ccc3N2C(c2cccc(F)c2)=CN1S(=O)(=O)c1ccc(C)cc1. The van der Waals surface area contributed by atoms with Gasteiger partial charge in [-0.3, -0.25) is 0 Å². The van der Waals surface area contributed by atoms with Crippen LogP contribution < -0.4 is 9.64 Å². The molecular weight excluding hydrogens is 519 g/mol. The topological polar surface area (TPSA) is 76.2 Å². The molecule has 2 aliphatic rings. The van der Waals surface area contributed by atoms with E-state index in [-0.39, 0.29) is 17.2 Å². The summed E-state index contributed by atoms with van der Waals surface area (Å²) in [7, 11) is -2.60. The molecule has 0 spiro atoms. The fraction of sp³-hybridized carbons (Fsp3) is 0.167. The van der Waals surface area contributed by atoms with Crippen molar-refractivity contribution in [3.63, 3.8) is 0 Å². The van der Waals surface area contributed by atoms with E-state index in [1.165, 1.54) is 36.5 Å². The summed E-state index contributed by atoms with van der Waals surface area (Å²) >= 11 is 0. The standard InChI is InChI=1S/C30H27FN2O5S/c1-4-38-30(34)18-28-27-14-10-22-17-24(37-3)11-15-26(22)33(27)29(21-6-5-7-23(31)16-21)19-32(28)39(35,36)25-12-8-20(2)9-13-25/h5-19,27H,4H2,1-3H3/b28-18+/t27-/m0/s1. The van der Waals surface area contributed by atoms with E-state index in [1.54, 1.807) is 50.4 Å². The van der Waals surface area contributed by atoms with Gasteiger partial charge in [0.15, 0.2) is 0 Å². The smallest absolute Gasteiger partial charge is 0.332 e. The zero-order valence-electron chi connectivity index (χ0n) is 21.7. The molecule has 0 unspecified atom stereocenters. The highest BCUT2D eigenvalue weighted by molar-refractivity contribution is 7.89. The Morgan fingerprint density at radius 1 is 1.08 bits per heavy atom. The first-order valence-corrected chi connectivity index (χ1v) is 13.8. The average Bonchev–Trinajstić information content (AvgIpc) is 2.92. The van der Waals surface area contributed by atoms with Gasteiger partial charge in [-0.15, -0.1) is 0 Å². The number of aryl methyl sites for hydroxylation is 1. The molecule has 9 heteroatoms. The third-order valence-corrected chi connectivity index (χ3v) is 8.24. The van der Waals surface area contributed by atoms with E-state index in [0.29, 0.717) is 17.0 Å². The molecule has 0 saturated heterocycles. The summed E-state index contributed by atoms with van der Waals surface area (Å²) < 4.78 is 54.2. The van der Waals surface area contributed by atoms with Crippen LogP contribution >= 0.6 is 0 Å². The first-order chi connectivity index (χ1) is 18.7. The molecule has 3 aromatic rings. The monoisotopic (exact) mass is 546 g/mol. The summed E-state index contributed by atoms with van der Waals surface area (Å²) in [5, 5.41) is 0. The van der Waals surface area contributed by atoms with Crippen LogP contribution in [0.5, 0.6) is 5.75 Å². The van der Waals surface area contributed by atoms with Gasteiger partial charge in [0, 0.05) is 29.1 Å². The van der Waals surface area contributed by atoms with E-state index >= 15 is 0 Å². The highest BCUT2D eigenvalue weighted by Crippen LogP contribution is 2.44. The minimum Gasteiger partial charge on any atom is -0.497 e. The Balaban J connectivity index is 1.79. The zero-order chi connectivity index (χ0) is 27.7. The highest BCUT2D eigenvalue weighted by atomic mass is 32.2. The van der Waals surface area contributed by atoms with E-state index in [1.807, 2.05) is 30.0 Å². The van der Waals surface area contributed by atoms with Crippen LogP contribution in [0.1, 0.15) is 23.6 Å². The molecule has 0 saturated carbocycles. The molecular formula is C30H27FN2O5S. The van der Waals surface area contributed by atoms with Crippen LogP contribution in [0.3, 0.4) is 0 Å². The number of carbonyl (C=O) groups excluding carboxylic acids is 1. The predicted octanol–water partition coefficient (Wildman–Crippen LogP) is 5.49. The number of hydrogen-bond donors (Lipinski definition) is 0. The molecule has 0 radical (unpaired) electrons. The number of fused-ring (bicyclic) bond motifs is 3. The third-order valence-electron chi connectivity index (χ3n) is 6.54. The minimum atomic E-state index is -4.17. The van der Waals surface area contributed by atoms with Crippen LogP contribution in [0.15, 0.2) is 95.7 Å². The Hall–Kier alpha value is -4.37. The number of methoxy groups -OCH3 is 1. The van der Waals surface area contributed by atoms with E-state index in [2.05, 4.69) is 0 Å². The van der Waals surface area contributed by atoms with Gasteiger partial charge >= 0.3 is 5.97 Å². The maximum Gasteiger partial charge on any atom is 0.332 e. The quantitative estimate of drug-likeness (QED) is 0.301. The minimum absolute atomic E-state index is 0.0519. The fourth-order valence-electron chi connectivity index (χ4n) is 4.68. The second-order valence-electron chi connectivity index (χ2n) is 9.06. The van der Waals surface area contributed by atoms with Crippen molar-refractivity contribution in [2.45, 2.75) is 24.8 Å². The van der Waals surface area contributed by atoms with E-state index in [9.17, 15) is 17.6 Å². The summed E-state index contributed by atoms with van der Waals surface area (Å²) in [6.45, 7) is 3.67. The summed E-state index contributed by atoms with van der Waals surface area (Å²) in [4.78, 5) is 14.7. The number of benzene rings is 3. The molecule has 0 aliphatic carbocycles. The Morgan fingerprint density at radius 2 is 1.85 bits per heavy atom. The molecule has 0 aromatic heterocycles. The Labute approximate surface area is 227 Å². The van der Waals surface area contributed by atoms with Crippen molar-refractivity contribution in [2.75, 3.05) is 18.6 Å². The van der Waals surface area contributed by atoms with Crippen LogP contribution in [0.25, 0.3) is 11.8 Å². The lowest BCUT2D eigenvalue weighted by atomic mass is 9.95. The number of carbonyl (C=O) groups is 1. The van der Waals surface area contributed by atoms with Gasteiger partial charge < -0.3 is 14.4 Å². The number of anilines is 1. The summed E-state index contributed by atoms with van der Waals surface area (Å²) in [5.41, 5.74) is 3.54. The Morgan fingerprint density at radius 3 is 2.54 bits per heavy atom. The van der Waals surface area contributed by atoms with Crippen molar-refractivity contribution in [1.29, 1.82) is 0 Å². The van der Waals surface area contributed by atoms with Crippen molar-refractivity contribution < 1.29 is 27.1 Å². The lowest BCUT2D eigenvalue weighted by Gasteiger charge is -2.45.